The van der Waals surface area contributed by atoms with Crippen LogP contribution in [0.2, 0.25) is 0 Å². The van der Waals surface area contributed by atoms with E-state index >= 15 is 0 Å². The number of hydrogen-bond acceptors (Lipinski definition) is 4. The molecule has 0 fully saturated rings. The van der Waals surface area contributed by atoms with Gasteiger partial charge < -0.3 is 0 Å². The fraction of sp³-hybridized carbons (Fsp3) is 0.565. The lowest BCUT2D eigenvalue weighted by Gasteiger charge is -2.31. The Bertz CT molecular complexity index is 718. The van der Waals surface area contributed by atoms with Crippen LogP contribution in [0.25, 0.3) is 9.75 Å². The Morgan fingerprint density at radius 1 is 0.741 bits per heavy atom. The van der Waals surface area contributed by atoms with E-state index in [9.17, 15) is 9.59 Å². The molecular formula is C23H30O2S2. The maximum atomic E-state index is 11.5. The van der Waals surface area contributed by atoms with Gasteiger partial charge in [0.25, 0.3) is 0 Å². The number of fused-ring (bicyclic) bond motifs is 3. The van der Waals surface area contributed by atoms with Crippen LogP contribution >= 0.6 is 22.7 Å². The van der Waals surface area contributed by atoms with Crippen molar-refractivity contribution >= 4 is 35.2 Å². The highest BCUT2D eigenvalue weighted by Crippen LogP contribution is 2.59. The van der Waals surface area contributed by atoms with Crippen LogP contribution in [0.1, 0.15) is 109 Å². The van der Waals surface area contributed by atoms with Gasteiger partial charge >= 0.3 is 0 Å². The van der Waals surface area contributed by atoms with Crippen molar-refractivity contribution in [3.63, 3.8) is 0 Å². The van der Waals surface area contributed by atoms with Crippen molar-refractivity contribution in [2.75, 3.05) is 0 Å². The molecule has 2 nitrogen and oxygen atoms in total. The lowest BCUT2D eigenvalue weighted by molar-refractivity contribution is 0.111. The van der Waals surface area contributed by atoms with E-state index < -0.39 is 0 Å². The highest BCUT2D eigenvalue weighted by molar-refractivity contribution is 7.24. The Labute approximate surface area is 171 Å². The van der Waals surface area contributed by atoms with Gasteiger partial charge in [-0.25, -0.2) is 0 Å². The predicted molar refractivity (Wildman–Crippen MR) is 117 cm³/mol. The monoisotopic (exact) mass is 402 g/mol. The van der Waals surface area contributed by atoms with Crippen LogP contribution in [-0.2, 0) is 5.41 Å². The van der Waals surface area contributed by atoms with Gasteiger partial charge in [-0.15, -0.1) is 22.7 Å². The standard InChI is InChI=1S/C23H30O2S2/c1-3-5-7-9-11-23(12-10-8-6-4-2)19-13-17(15-24)26-21(19)22-20(23)14-18(16-25)27-22/h13-16H,3-12H2,1-2H3. The molecular weight excluding hydrogens is 372 g/mol. The first kappa shape index (κ1) is 20.5. The molecule has 0 N–H and O–H groups in total. The summed E-state index contributed by atoms with van der Waals surface area (Å²) in [6.07, 6.45) is 14.2. The van der Waals surface area contributed by atoms with E-state index in [-0.39, 0.29) is 5.41 Å². The second-order valence-electron chi connectivity index (χ2n) is 7.72. The van der Waals surface area contributed by atoms with Gasteiger partial charge in [-0.05, 0) is 36.1 Å². The normalized spacial score (nSPS) is 14.1. The third kappa shape index (κ3) is 3.97. The number of carbonyl (C=O) groups excluding carboxylic acids is 2. The molecule has 0 saturated carbocycles. The summed E-state index contributed by atoms with van der Waals surface area (Å²) in [6.45, 7) is 4.49. The van der Waals surface area contributed by atoms with Gasteiger partial charge in [0.15, 0.2) is 12.6 Å². The summed E-state index contributed by atoms with van der Waals surface area (Å²) in [7, 11) is 0. The third-order valence-electron chi connectivity index (χ3n) is 5.89. The Morgan fingerprint density at radius 2 is 1.19 bits per heavy atom. The SMILES string of the molecule is CCCCCCC1(CCCCCC)c2cc(C=O)sc2-c2sc(C=O)cc21. The molecule has 0 bridgehead atoms. The quantitative estimate of drug-likeness (QED) is 0.270. The first-order valence-corrected chi connectivity index (χ1v) is 12.0. The minimum Gasteiger partial charge on any atom is -0.297 e. The Hall–Kier alpha value is -1.26. The maximum absolute atomic E-state index is 11.5. The average molecular weight is 403 g/mol. The van der Waals surface area contributed by atoms with Crippen molar-refractivity contribution in [1.29, 1.82) is 0 Å². The molecule has 2 heterocycles. The molecule has 0 spiro atoms. The number of unbranched alkanes of at least 4 members (excludes halogenated alkanes) is 6. The lowest BCUT2D eigenvalue weighted by atomic mass is 9.71. The van der Waals surface area contributed by atoms with E-state index in [0.29, 0.717) is 0 Å². The minimum absolute atomic E-state index is 0.00166. The lowest BCUT2D eigenvalue weighted by Crippen LogP contribution is -2.25. The van der Waals surface area contributed by atoms with E-state index in [1.54, 1.807) is 22.7 Å². The molecule has 4 heteroatoms. The van der Waals surface area contributed by atoms with E-state index in [0.717, 1.165) is 35.2 Å². The van der Waals surface area contributed by atoms with Crippen LogP contribution in [0.3, 0.4) is 0 Å². The van der Waals surface area contributed by atoms with Crippen LogP contribution in [0, 0.1) is 0 Å². The molecule has 1 aliphatic carbocycles. The van der Waals surface area contributed by atoms with Gasteiger partial charge in [-0.2, -0.15) is 0 Å². The molecule has 2 aromatic heterocycles. The highest BCUT2D eigenvalue weighted by Gasteiger charge is 2.45. The highest BCUT2D eigenvalue weighted by atomic mass is 32.1. The molecule has 27 heavy (non-hydrogen) atoms. The third-order valence-corrected chi connectivity index (χ3v) is 8.17. The first-order chi connectivity index (χ1) is 13.2. The largest absolute Gasteiger partial charge is 0.297 e. The summed E-state index contributed by atoms with van der Waals surface area (Å²) in [4.78, 5) is 27.0. The minimum atomic E-state index is 0.00166. The zero-order valence-corrected chi connectivity index (χ0v) is 18.1. The van der Waals surface area contributed by atoms with Gasteiger partial charge in [0, 0.05) is 15.2 Å². The Kier molecular flexibility index (Phi) is 7.04. The van der Waals surface area contributed by atoms with Crippen molar-refractivity contribution in [3.8, 4) is 9.75 Å². The zero-order chi connectivity index (χ0) is 19.3. The van der Waals surface area contributed by atoms with Gasteiger partial charge in [0.05, 0.1) is 9.75 Å². The van der Waals surface area contributed by atoms with E-state index in [2.05, 4.69) is 26.0 Å². The Morgan fingerprint density at radius 3 is 1.56 bits per heavy atom. The summed E-state index contributed by atoms with van der Waals surface area (Å²) in [5, 5.41) is 0. The summed E-state index contributed by atoms with van der Waals surface area (Å²) < 4.78 is 0. The van der Waals surface area contributed by atoms with Crippen molar-refractivity contribution in [3.05, 3.63) is 33.0 Å². The molecule has 0 aliphatic heterocycles. The average Bonchev–Trinajstić information content (AvgIpc) is 3.35. The molecule has 3 rings (SSSR count). The van der Waals surface area contributed by atoms with Crippen molar-refractivity contribution in [1.82, 2.24) is 0 Å². The number of carbonyl (C=O) groups is 2. The van der Waals surface area contributed by atoms with Gasteiger partial charge in [-0.3, -0.25) is 9.59 Å². The second-order valence-corrected chi connectivity index (χ2v) is 9.89. The van der Waals surface area contributed by atoms with Crippen molar-refractivity contribution < 1.29 is 9.59 Å². The summed E-state index contributed by atoms with van der Waals surface area (Å²) in [6, 6.07) is 4.28. The molecule has 0 saturated heterocycles. The fourth-order valence-corrected chi connectivity index (χ4v) is 6.81. The number of rotatable bonds is 12. The second kappa shape index (κ2) is 9.29. The Balaban J connectivity index is 2.00. The number of thiophene rings is 2. The predicted octanol–water partition coefficient (Wildman–Crippen LogP) is 7.64. The maximum Gasteiger partial charge on any atom is 0.160 e. The topological polar surface area (TPSA) is 34.1 Å². The summed E-state index contributed by atoms with van der Waals surface area (Å²) in [5.74, 6) is 0. The molecule has 0 amide bonds. The molecule has 1 aliphatic rings. The molecule has 2 aromatic rings. The molecule has 0 aromatic carbocycles. The van der Waals surface area contributed by atoms with E-state index in [1.165, 1.54) is 72.2 Å². The first-order valence-electron chi connectivity index (χ1n) is 10.4. The molecule has 0 unspecified atom stereocenters. The molecule has 0 radical (unpaired) electrons. The van der Waals surface area contributed by atoms with Gasteiger partial charge in [-0.1, -0.05) is 65.2 Å². The van der Waals surface area contributed by atoms with Crippen LogP contribution in [0.15, 0.2) is 12.1 Å². The molecule has 0 atom stereocenters. The van der Waals surface area contributed by atoms with Gasteiger partial charge in [0.2, 0.25) is 0 Å². The van der Waals surface area contributed by atoms with Crippen LogP contribution in [0.5, 0.6) is 0 Å². The van der Waals surface area contributed by atoms with Crippen molar-refractivity contribution in [2.24, 2.45) is 0 Å². The van der Waals surface area contributed by atoms with E-state index in [4.69, 9.17) is 0 Å². The fourth-order valence-electron chi connectivity index (χ4n) is 4.50. The zero-order valence-electron chi connectivity index (χ0n) is 16.5. The van der Waals surface area contributed by atoms with Crippen molar-refractivity contribution in [2.45, 2.75) is 83.5 Å². The summed E-state index contributed by atoms with van der Waals surface area (Å²) in [5.41, 5.74) is 2.73. The van der Waals surface area contributed by atoms with Crippen LogP contribution in [0.4, 0.5) is 0 Å². The summed E-state index contributed by atoms with van der Waals surface area (Å²) >= 11 is 3.21. The molecule has 146 valence electrons. The van der Waals surface area contributed by atoms with Crippen LogP contribution in [-0.4, -0.2) is 12.6 Å². The van der Waals surface area contributed by atoms with Gasteiger partial charge in [0.1, 0.15) is 0 Å². The smallest absolute Gasteiger partial charge is 0.160 e. The number of aldehydes is 2. The van der Waals surface area contributed by atoms with Crippen LogP contribution < -0.4 is 0 Å². The number of hydrogen-bond donors (Lipinski definition) is 0. The van der Waals surface area contributed by atoms with E-state index in [1.807, 2.05) is 0 Å².